The Morgan fingerprint density at radius 1 is 1.03 bits per heavy atom. The molecule has 184 valence electrons. The van der Waals surface area contributed by atoms with E-state index in [1.54, 1.807) is 0 Å². The van der Waals surface area contributed by atoms with Gasteiger partial charge in [0.25, 0.3) is 11.8 Å². The molecule has 0 radical (unpaired) electrons. The van der Waals surface area contributed by atoms with Crippen LogP contribution in [0.15, 0.2) is 30.3 Å². The van der Waals surface area contributed by atoms with Crippen LogP contribution in [0.3, 0.4) is 0 Å². The highest BCUT2D eigenvalue weighted by molar-refractivity contribution is 5.99. The summed E-state index contributed by atoms with van der Waals surface area (Å²) in [6.45, 7) is 7.91. The molecule has 0 spiro atoms. The van der Waals surface area contributed by atoms with Crippen LogP contribution in [0, 0.1) is 26.7 Å². The van der Waals surface area contributed by atoms with Crippen LogP contribution in [0.25, 0.3) is 10.9 Å². The van der Waals surface area contributed by atoms with Crippen LogP contribution in [0.1, 0.15) is 75.1 Å². The molecule has 35 heavy (non-hydrogen) atoms. The zero-order chi connectivity index (χ0) is 24.7. The summed E-state index contributed by atoms with van der Waals surface area (Å²) < 4.78 is 0. The number of nitrogens with zero attached hydrogens (tertiary/aromatic N) is 2. The van der Waals surface area contributed by atoms with E-state index in [-0.39, 0.29) is 23.9 Å². The second-order valence-electron chi connectivity index (χ2n) is 10.4. The second-order valence-corrected chi connectivity index (χ2v) is 10.4. The number of H-pyrrole nitrogens is 1. The smallest absolute Gasteiger partial charge is 0.268 e. The van der Waals surface area contributed by atoms with Gasteiger partial charge in [-0.2, -0.15) is 0 Å². The molecule has 1 saturated heterocycles. The zero-order valence-electron chi connectivity index (χ0n) is 21.1. The minimum absolute atomic E-state index is 0.0559. The zero-order valence-corrected chi connectivity index (χ0v) is 21.1. The van der Waals surface area contributed by atoms with E-state index < -0.39 is 0 Å². The van der Waals surface area contributed by atoms with E-state index in [0.717, 1.165) is 66.5 Å². The number of benzene rings is 1. The van der Waals surface area contributed by atoms with Crippen LogP contribution in [0.5, 0.6) is 0 Å². The highest BCUT2D eigenvalue weighted by Gasteiger charge is 2.36. The molecule has 5 rings (SSSR count). The largest absolute Gasteiger partial charge is 0.350 e. The molecular formula is C28H35N5O2. The van der Waals surface area contributed by atoms with Gasteiger partial charge in [-0.1, -0.05) is 18.2 Å². The average Bonchev–Trinajstić information content (AvgIpc) is 3.57. The molecule has 0 bridgehead atoms. The molecule has 1 aliphatic heterocycles. The summed E-state index contributed by atoms with van der Waals surface area (Å²) >= 11 is 0. The lowest BCUT2D eigenvalue weighted by molar-refractivity contribution is 0.0909. The number of likely N-dealkylation sites (tertiary alicyclic amines) is 1. The number of hydrogen-bond donors (Lipinski definition) is 3. The van der Waals surface area contributed by atoms with Crippen LogP contribution in [-0.2, 0) is 0 Å². The molecule has 2 fully saturated rings. The normalized spacial score (nSPS) is 17.9. The number of piperidine rings is 1. The van der Waals surface area contributed by atoms with Crippen molar-refractivity contribution < 1.29 is 9.59 Å². The highest BCUT2D eigenvalue weighted by atomic mass is 16.2. The Kier molecular flexibility index (Phi) is 6.36. The summed E-state index contributed by atoms with van der Waals surface area (Å²) in [5.41, 5.74) is 5.79. The van der Waals surface area contributed by atoms with Gasteiger partial charge in [-0.05, 0) is 95.8 Å². The van der Waals surface area contributed by atoms with E-state index in [1.807, 2.05) is 51.1 Å². The van der Waals surface area contributed by atoms with Gasteiger partial charge in [-0.25, -0.2) is 0 Å². The Morgan fingerprint density at radius 3 is 2.46 bits per heavy atom. The van der Waals surface area contributed by atoms with Gasteiger partial charge in [-0.15, -0.1) is 0 Å². The monoisotopic (exact) mass is 473 g/mol. The molecule has 2 amide bonds. The first-order chi connectivity index (χ1) is 16.8. The number of hydrogen-bond acceptors (Lipinski definition) is 4. The third-order valence-corrected chi connectivity index (χ3v) is 7.52. The minimum atomic E-state index is -0.167. The number of para-hydroxylation sites is 1. The summed E-state index contributed by atoms with van der Waals surface area (Å²) in [4.78, 5) is 36.7. The number of carbonyl (C=O) groups excluding carboxylic acids is 2. The van der Waals surface area contributed by atoms with Gasteiger partial charge in [0, 0.05) is 16.9 Å². The Hall–Kier alpha value is -3.19. The van der Waals surface area contributed by atoms with E-state index in [4.69, 9.17) is 4.98 Å². The number of amides is 2. The lowest BCUT2D eigenvalue weighted by Crippen LogP contribution is -2.43. The average molecular weight is 474 g/mol. The van der Waals surface area contributed by atoms with Crippen molar-refractivity contribution in [2.24, 2.45) is 5.92 Å². The van der Waals surface area contributed by atoms with Gasteiger partial charge >= 0.3 is 0 Å². The molecule has 7 heteroatoms. The molecule has 1 aliphatic carbocycles. The van der Waals surface area contributed by atoms with Gasteiger partial charge in [0.2, 0.25) is 0 Å². The number of aromatic amines is 1. The van der Waals surface area contributed by atoms with Crippen molar-refractivity contribution in [2.75, 3.05) is 20.1 Å². The number of rotatable bonds is 6. The summed E-state index contributed by atoms with van der Waals surface area (Å²) in [6, 6.07) is 9.93. The van der Waals surface area contributed by atoms with Crippen LogP contribution in [0.4, 0.5) is 0 Å². The molecule has 1 aromatic carbocycles. The van der Waals surface area contributed by atoms with Crippen molar-refractivity contribution in [3.05, 3.63) is 64.1 Å². The minimum Gasteiger partial charge on any atom is -0.350 e. The molecule has 1 atom stereocenters. The first-order valence-corrected chi connectivity index (χ1v) is 12.7. The molecule has 2 aliphatic rings. The number of carbonyl (C=O) groups is 2. The van der Waals surface area contributed by atoms with Crippen molar-refractivity contribution in [1.82, 2.24) is 25.5 Å². The molecule has 1 saturated carbocycles. The summed E-state index contributed by atoms with van der Waals surface area (Å²) in [6.07, 6.45) is 4.06. The van der Waals surface area contributed by atoms with Crippen LogP contribution in [-0.4, -0.2) is 52.9 Å². The van der Waals surface area contributed by atoms with E-state index in [0.29, 0.717) is 22.9 Å². The molecule has 1 unspecified atom stereocenters. The maximum absolute atomic E-state index is 13.2. The third-order valence-electron chi connectivity index (χ3n) is 7.52. The number of aryl methyl sites for hydroxylation is 3. The summed E-state index contributed by atoms with van der Waals surface area (Å²) in [7, 11) is 2.11. The van der Waals surface area contributed by atoms with Gasteiger partial charge in [0.05, 0.1) is 23.0 Å². The Labute approximate surface area is 206 Å². The quantitative estimate of drug-likeness (QED) is 0.501. The molecule has 3 N–H and O–H groups in total. The fourth-order valence-corrected chi connectivity index (χ4v) is 5.17. The van der Waals surface area contributed by atoms with Crippen molar-refractivity contribution in [3.8, 4) is 0 Å². The fraction of sp³-hybridized carbons (Fsp3) is 0.464. The Balaban J connectivity index is 1.35. The van der Waals surface area contributed by atoms with Gasteiger partial charge in [-0.3, -0.25) is 14.6 Å². The summed E-state index contributed by atoms with van der Waals surface area (Å²) in [5, 5.41) is 7.47. The number of aromatic nitrogens is 2. The van der Waals surface area contributed by atoms with Crippen LogP contribution < -0.4 is 10.6 Å². The Bertz CT molecular complexity index is 1270. The lowest BCUT2D eigenvalue weighted by atomic mass is 9.99. The first-order valence-electron chi connectivity index (χ1n) is 12.7. The molecule has 7 nitrogen and oxygen atoms in total. The molecule has 3 heterocycles. The van der Waals surface area contributed by atoms with Crippen LogP contribution >= 0.6 is 0 Å². The maximum Gasteiger partial charge on any atom is 0.268 e. The highest BCUT2D eigenvalue weighted by Crippen LogP contribution is 2.41. The first kappa shape index (κ1) is 23.5. The molecule has 2 aromatic heterocycles. The lowest BCUT2D eigenvalue weighted by Gasteiger charge is -2.29. The standard InChI is InChI=1S/C28H35N5O2/c1-16-6-5-7-20-15-23(31-24(16)20)28(35)32-26(19-8-9-19)25-17(2)14-22(18(3)29-25)27(34)30-21-10-12-33(4)13-11-21/h5-7,14-15,19,21,26,31H,8-13H2,1-4H3,(H,30,34)(H,32,35). The second kappa shape index (κ2) is 9.46. The van der Waals surface area contributed by atoms with Gasteiger partial charge in [0.15, 0.2) is 0 Å². The fourth-order valence-electron chi connectivity index (χ4n) is 5.17. The third kappa shape index (κ3) is 4.96. The van der Waals surface area contributed by atoms with E-state index in [2.05, 4.69) is 27.6 Å². The van der Waals surface area contributed by atoms with E-state index >= 15 is 0 Å². The topological polar surface area (TPSA) is 90.1 Å². The summed E-state index contributed by atoms with van der Waals surface area (Å²) in [5.74, 6) is 0.190. The predicted molar refractivity (Wildman–Crippen MR) is 138 cm³/mol. The number of fused-ring (bicyclic) bond motifs is 1. The Morgan fingerprint density at radius 2 is 1.77 bits per heavy atom. The number of pyridine rings is 1. The SMILES string of the molecule is Cc1cc(C(=O)NC2CCN(C)CC2)c(C)nc1C(NC(=O)c1cc2cccc(C)c2[nH]1)C1CC1. The van der Waals surface area contributed by atoms with E-state index in [1.165, 1.54) is 0 Å². The van der Waals surface area contributed by atoms with Crippen molar-refractivity contribution in [3.63, 3.8) is 0 Å². The van der Waals surface area contributed by atoms with Gasteiger partial charge < -0.3 is 20.5 Å². The molecular weight excluding hydrogens is 438 g/mol. The van der Waals surface area contributed by atoms with E-state index in [9.17, 15) is 9.59 Å². The van der Waals surface area contributed by atoms with Crippen molar-refractivity contribution in [1.29, 1.82) is 0 Å². The molecule has 3 aromatic rings. The predicted octanol–water partition coefficient (Wildman–Crippen LogP) is 4.19. The van der Waals surface area contributed by atoms with Crippen molar-refractivity contribution >= 4 is 22.7 Å². The van der Waals surface area contributed by atoms with Crippen molar-refractivity contribution in [2.45, 2.75) is 58.5 Å². The number of nitrogens with one attached hydrogen (secondary N) is 3. The van der Waals surface area contributed by atoms with Gasteiger partial charge in [0.1, 0.15) is 5.69 Å². The van der Waals surface area contributed by atoms with Crippen LogP contribution in [0.2, 0.25) is 0 Å². The maximum atomic E-state index is 13.2.